The molecule has 1 heterocycles. The summed E-state index contributed by atoms with van der Waals surface area (Å²) in [6, 6.07) is 9.81. The van der Waals surface area contributed by atoms with E-state index < -0.39 is 0 Å². The number of nitrogens with two attached hydrogens (primary N) is 1. The van der Waals surface area contributed by atoms with E-state index in [1.807, 2.05) is 38.1 Å². The molecule has 0 aliphatic heterocycles. The number of hydrogen-bond donors (Lipinski definition) is 2. The van der Waals surface area contributed by atoms with Gasteiger partial charge in [0, 0.05) is 6.20 Å². The fourth-order valence-electron chi connectivity index (χ4n) is 2.22. The Kier molecular flexibility index (Phi) is 4.14. The van der Waals surface area contributed by atoms with E-state index in [0.29, 0.717) is 0 Å². The van der Waals surface area contributed by atoms with Gasteiger partial charge in [-0.05, 0) is 48.7 Å². The van der Waals surface area contributed by atoms with Crippen LogP contribution in [-0.2, 0) is 0 Å². The molecule has 0 fully saturated rings. The fraction of sp³-hybridized carbons (Fsp3) is 0.267. The van der Waals surface area contributed by atoms with Gasteiger partial charge in [0.15, 0.2) is 0 Å². The van der Waals surface area contributed by atoms with E-state index in [4.69, 9.17) is 10.6 Å². The second kappa shape index (κ2) is 5.82. The van der Waals surface area contributed by atoms with Gasteiger partial charge < -0.3 is 4.74 Å². The summed E-state index contributed by atoms with van der Waals surface area (Å²) in [6.07, 6.45) is 1.77. The smallest absolute Gasteiger partial charge is 0.122 e. The normalized spacial score (nSPS) is 12.2. The quantitative estimate of drug-likeness (QED) is 0.651. The number of pyridine rings is 1. The molecule has 4 nitrogen and oxygen atoms in total. The second-order valence-electron chi connectivity index (χ2n) is 4.53. The highest BCUT2D eigenvalue weighted by Crippen LogP contribution is 2.28. The summed E-state index contributed by atoms with van der Waals surface area (Å²) in [5, 5.41) is 0. The molecule has 0 spiro atoms. The van der Waals surface area contributed by atoms with Crippen molar-refractivity contribution in [3.05, 3.63) is 58.9 Å². The number of hydrogen-bond acceptors (Lipinski definition) is 4. The third kappa shape index (κ3) is 2.75. The predicted octanol–water partition coefficient (Wildman–Crippen LogP) is 2.26. The summed E-state index contributed by atoms with van der Waals surface area (Å²) >= 11 is 0. The summed E-state index contributed by atoms with van der Waals surface area (Å²) in [7, 11) is 1.68. The molecule has 1 aromatic heterocycles. The van der Waals surface area contributed by atoms with Gasteiger partial charge in [0.2, 0.25) is 0 Å². The van der Waals surface area contributed by atoms with E-state index in [2.05, 4.69) is 16.5 Å². The Morgan fingerprint density at radius 1 is 1.21 bits per heavy atom. The van der Waals surface area contributed by atoms with Crippen molar-refractivity contribution in [1.82, 2.24) is 10.4 Å². The van der Waals surface area contributed by atoms with Gasteiger partial charge in [-0.15, -0.1) is 0 Å². The first-order valence-corrected chi connectivity index (χ1v) is 6.19. The van der Waals surface area contributed by atoms with E-state index in [9.17, 15) is 0 Å². The second-order valence-corrected chi connectivity index (χ2v) is 4.53. The van der Waals surface area contributed by atoms with E-state index in [-0.39, 0.29) is 6.04 Å². The molecule has 2 rings (SSSR count). The number of rotatable bonds is 4. The minimum absolute atomic E-state index is 0.120. The Morgan fingerprint density at radius 3 is 2.58 bits per heavy atom. The van der Waals surface area contributed by atoms with Crippen LogP contribution < -0.4 is 16.0 Å². The summed E-state index contributed by atoms with van der Waals surface area (Å²) in [4.78, 5) is 4.37. The van der Waals surface area contributed by atoms with Crippen LogP contribution in [0.1, 0.15) is 28.4 Å². The summed E-state index contributed by atoms with van der Waals surface area (Å²) in [5.41, 5.74) is 7.05. The van der Waals surface area contributed by atoms with Crippen LogP contribution in [0.5, 0.6) is 5.75 Å². The average Bonchev–Trinajstić information content (AvgIpc) is 2.44. The Balaban J connectivity index is 2.47. The van der Waals surface area contributed by atoms with E-state index >= 15 is 0 Å². The topological polar surface area (TPSA) is 60.2 Å². The van der Waals surface area contributed by atoms with Gasteiger partial charge in [0.25, 0.3) is 0 Å². The summed E-state index contributed by atoms with van der Waals surface area (Å²) < 4.78 is 5.33. The Bertz CT molecular complexity index is 555. The highest BCUT2D eigenvalue weighted by molar-refractivity contribution is 5.44. The van der Waals surface area contributed by atoms with Crippen LogP contribution >= 0.6 is 0 Å². The van der Waals surface area contributed by atoms with Crippen LogP contribution in [0, 0.1) is 13.8 Å². The molecule has 2 aromatic rings. The molecule has 19 heavy (non-hydrogen) atoms. The summed E-state index contributed by atoms with van der Waals surface area (Å²) in [5.74, 6) is 6.59. The van der Waals surface area contributed by atoms with Gasteiger partial charge in [-0.25, -0.2) is 5.43 Å². The minimum atomic E-state index is -0.120. The van der Waals surface area contributed by atoms with Crippen LogP contribution in [0.4, 0.5) is 0 Å². The van der Waals surface area contributed by atoms with Gasteiger partial charge >= 0.3 is 0 Å². The predicted molar refractivity (Wildman–Crippen MR) is 75.9 cm³/mol. The summed E-state index contributed by atoms with van der Waals surface area (Å²) in [6.45, 7) is 4.07. The molecule has 0 saturated carbocycles. The molecule has 0 saturated heterocycles. The van der Waals surface area contributed by atoms with E-state index in [0.717, 1.165) is 28.1 Å². The molecule has 1 unspecified atom stereocenters. The molecule has 1 atom stereocenters. The third-order valence-corrected chi connectivity index (χ3v) is 3.24. The Morgan fingerprint density at radius 2 is 2.00 bits per heavy atom. The van der Waals surface area contributed by atoms with Crippen LogP contribution in [0.15, 0.2) is 36.5 Å². The van der Waals surface area contributed by atoms with E-state index in [1.54, 1.807) is 13.3 Å². The molecular formula is C15H19N3O. The first kappa shape index (κ1) is 13.5. The van der Waals surface area contributed by atoms with Gasteiger partial charge in [-0.3, -0.25) is 10.8 Å². The molecule has 1 aromatic carbocycles. The number of nitrogens with zero attached hydrogens (tertiary/aromatic N) is 1. The number of ether oxygens (including phenoxy) is 1. The monoisotopic (exact) mass is 257 g/mol. The number of aromatic nitrogens is 1. The van der Waals surface area contributed by atoms with Crippen LogP contribution in [-0.4, -0.2) is 12.1 Å². The van der Waals surface area contributed by atoms with Crippen molar-refractivity contribution in [3.63, 3.8) is 0 Å². The SMILES string of the molecule is COc1cc(C)c(C(NN)c2ccccn2)cc1C. The molecule has 100 valence electrons. The fourth-order valence-corrected chi connectivity index (χ4v) is 2.22. The van der Waals surface area contributed by atoms with Crippen molar-refractivity contribution in [2.45, 2.75) is 19.9 Å². The van der Waals surface area contributed by atoms with Crippen molar-refractivity contribution in [1.29, 1.82) is 0 Å². The lowest BCUT2D eigenvalue weighted by atomic mass is 9.96. The molecule has 0 bridgehead atoms. The van der Waals surface area contributed by atoms with Gasteiger partial charge in [0.05, 0.1) is 18.8 Å². The maximum Gasteiger partial charge on any atom is 0.122 e. The zero-order chi connectivity index (χ0) is 13.8. The van der Waals surface area contributed by atoms with Gasteiger partial charge in [-0.2, -0.15) is 0 Å². The lowest BCUT2D eigenvalue weighted by Gasteiger charge is -2.20. The zero-order valence-corrected chi connectivity index (χ0v) is 11.5. The molecule has 3 N–H and O–H groups in total. The molecule has 0 aliphatic carbocycles. The lowest BCUT2D eigenvalue weighted by molar-refractivity contribution is 0.411. The lowest BCUT2D eigenvalue weighted by Crippen LogP contribution is -2.30. The van der Waals surface area contributed by atoms with Crippen molar-refractivity contribution >= 4 is 0 Å². The van der Waals surface area contributed by atoms with Crippen LogP contribution in [0.3, 0.4) is 0 Å². The largest absolute Gasteiger partial charge is 0.496 e. The Hall–Kier alpha value is -1.91. The molecule has 0 amide bonds. The number of benzene rings is 1. The highest BCUT2D eigenvalue weighted by atomic mass is 16.5. The van der Waals surface area contributed by atoms with Gasteiger partial charge in [0.1, 0.15) is 5.75 Å². The standard InChI is InChI=1S/C15H19N3O/c1-10-9-14(19-3)11(2)8-12(10)15(18-16)13-6-4-5-7-17-13/h4-9,15,18H,16H2,1-3H3. The molecule has 4 heteroatoms. The maximum atomic E-state index is 5.71. The van der Waals surface area contributed by atoms with Crippen LogP contribution in [0.2, 0.25) is 0 Å². The molecule has 0 aliphatic rings. The molecular weight excluding hydrogens is 238 g/mol. The third-order valence-electron chi connectivity index (χ3n) is 3.24. The highest BCUT2D eigenvalue weighted by Gasteiger charge is 2.17. The van der Waals surface area contributed by atoms with Crippen molar-refractivity contribution in [2.24, 2.45) is 5.84 Å². The number of aryl methyl sites for hydroxylation is 2. The van der Waals surface area contributed by atoms with Crippen molar-refractivity contribution in [3.8, 4) is 5.75 Å². The number of nitrogens with one attached hydrogen (secondary N) is 1. The minimum Gasteiger partial charge on any atom is -0.496 e. The van der Waals surface area contributed by atoms with Crippen molar-refractivity contribution in [2.75, 3.05) is 7.11 Å². The first-order valence-electron chi connectivity index (χ1n) is 6.19. The average molecular weight is 257 g/mol. The first-order chi connectivity index (χ1) is 9.17. The Labute approximate surface area is 113 Å². The van der Waals surface area contributed by atoms with E-state index in [1.165, 1.54) is 0 Å². The number of hydrazine groups is 1. The van der Waals surface area contributed by atoms with Gasteiger partial charge in [-0.1, -0.05) is 12.1 Å². The van der Waals surface area contributed by atoms with Crippen LogP contribution in [0.25, 0.3) is 0 Å². The molecule has 0 radical (unpaired) electrons. The van der Waals surface area contributed by atoms with Crippen molar-refractivity contribution < 1.29 is 4.74 Å². The maximum absolute atomic E-state index is 5.71. The zero-order valence-electron chi connectivity index (χ0n) is 11.5. The number of methoxy groups -OCH3 is 1.